The summed E-state index contributed by atoms with van der Waals surface area (Å²) in [5.41, 5.74) is 5.39. The van der Waals surface area contributed by atoms with Crippen LogP contribution in [0.5, 0.6) is 0 Å². The molecule has 2 amide bonds. The number of amides is 2. The second kappa shape index (κ2) is 9.25. The minimum atomic E-state index is -0.156. The molecule has 3 heterocycles. The van der Waals surface area contributed by atoms with E-state index in [-0.39, 0.29) is 24.2 Å². The minimum Gasteiger partial charge on any atom is -0.323 e. The third kappa shape index (κ3) is 4.39. The first-order valence-electron chi connectivity index (χ1n) is 10.9. The van der Waals surface area contributed by atoms with Crippen molar-refractivity contribution < 1.29 is 9.59 Å². The van der Waals surface area contributed by atoms with Gasteiger partial charge in [-0.05, 0) is 73.2 Å². The molecule has 0 bridgehead atoms. The van der Waals surface area contributed by atoms with Crippen molar-refractivity contribution in [2.45, 2.75) is 38.1 Å². The van der Waals surface area contributed by atoms with Crippen LogP contribution in [0.4, 0.5) is 11.4 Å². The average Bonchev–Trinajstić information content (AvgIpc) is 3.41. The smallest absolute Gasteiger partial charge is 0.248 e. The van der Waals surface area contributed by atoms with Crippen LogP contribution < -0.4 is 10.2 Å². The van der Waals surface area contributed by atoms with E-state index in [4.69, 9.17) is 0 Å². The van der Waals surface area contributed by atoms with Gasteiger partial charge in [-0.3, -0.25) is 14.5 Å². The summed E-state index contributed by atoms with van der Waals surface area (Å²) >= 11 is 0. The molecule has 31 heavy (non-hydrogen) atoms. The van der Waals surface area contributed by atoms with Crippen LogP contribution in [-0.4, -0.2) is 36.3 Å². The van der Waals surface area contributed by atoms with Crippen molar-refractivity contribution in [3.05, 3.63) is 65.2 Å². The van der Waals surface area contributed by atoms with Crippen LogP contribution in [0.1, 0.15) is 48.4 Å². The van der Waals surface area contributed by atoms with Crippen LogP contribution in [0, 0.1) is 0 Å². The molecule has 1 unspecified atom stereocenters. The molecule has 0 radical (unpaired) electrons. The van der Waals surface area contributed by atoms with Gasteiger partial charge in [-0.15, -0.1) is 12.4 Å². The summed E-state index contributed by atoms with van der Waals surface area (Å²) in [7, 11) is 0. The maximum Gasteiger partial charge on any atom is 0.248 e. The molecule has 162 valence electrons. The number of carbonyl (C=O) groups excluding carboxylic acids is 2. The van der Waals surface area contributed by atoms with E-state index in [9.17, 15) is 9.59 Å². The number of rotatable bonds is 4. The number of fused-ring (bicyclic) bond motifs is 3. The van der Waals surface area contributed by atoms with E-state index in [0.29, 0.717) is 12.5 Å². The Labute approximate surface area is 189 Å². The fourth-order valence-electron chi connectivity index (χ4n) is 5.05. The largest absolute Gasteiger partial charge is 0.323 e. The van der Waals surface area contributed by atoms with Gasteiger partial charge in [0.15, 0.2) is 0 Å². The molecule has 1 N–H and O–H groups in total. The zero-order valence-electron chi connectivity index (χ0n) is 17.5. The van der Waals surface area contributed by atoms with Gasteiger partial charge in [-0.2, -0.15) is 0 Å². The molecule has 0 spiro atoms. The first kappa shape index (κ1) is 21.6. The normalized spacial score (nSPS) is 20.5. The molecular formula is C25H28ClN3O2. The number of anilines is 2. The monoisotopic (exact) mass is 437 g/mol. The number of nitrogens with zero attached hydrogens (tertiary/aromatic N) is 2. The maximum absolute atomic E-state index is 12.6. The Balaban J connectivity index is 0.00000231. The molecule has 1 atom stereocenters. The number of benzene rings is 2. The summed E-state index contributed by atoms with van der Waals surface area (Å²) in [6.07, 6.45) is 8.38. The molecule has 2 aromatic carbocycles. The molecule has 0 aromatic heterocycles. The number of halogens is 1. The molecule has 5 rings (SSSR count). The third-order valence-corrected chi connectivity index (χ3v) is 6.52. The maximum atomic E-state index is 12.6. The molecule has 0 saturated carbocycles. The second-order valence-electron chi connectivity index (χ2n) is 8.39. The van der Waals surface area contributed by atoms with E-state index in [1.54, 1.807) is 12.2 Å². The van der Waals surface area contributed by atoms with Crippen molar-refractivity contribution in [3.63, 3.8) is 0 Å². The molecule has 5 nitrogen and oxygen atoms in total. The number of hydrogen-bond donors (Lipinski definition) is 1. The lowest BCUT2D eigenvalue weighted by atomic mass is 9.92. The highest BCUT2D eigenvalue weighted by atomic mass is 35.5. The summed E-state index contributed by atoms with van der Waals surface area (Å²) in [5.74, 6) is -0.00749. The summed E-state index contributed by atoms with van der Waals surface area (Å²) in [4.78, 5) is 29.1. The lowest BCUT2D eigenvalue weighted by Gasteiger charge is -2.32. The lowest BCUT2D eigenvalue weighted by Crippen LogP contribution is -2.30. The van der Waals surface area contributed by atoms with Gasteiger partial charge in [0.2, 0.25) is 11.8 Å². The molecule has 3 aliphatic rings. The van der Waals surface area contributed by atoms with E-state index < -0.39 is 0 Å². The number of carbonyl (C=O) groups is 2. The summed E-state index contributed by atoms with van der Waals surface area (Å²) in [6.45, 7) is 3.07. The molecule has 3 aliphatic heterocycles. The van der Waals surface area contributed by atoms with E-state index in [2.05, 4.69) is 22.3 Å². The van der Waals surface area contributed by atoms with Gasteiger partial charge in [0.25, 0.3) is 0 Å². The number of para-hydroxylation sites is 1. The van der Waals surface area contributed by atoms with Crippen molar-refractivity contribution in [2.75, 3.05) is 29.9 Å². The Bertz CT molecular complexity index is 1020. The summed E-state index contributed by atoms with van der Waals surface area (Å²) in [5, 5.41) is 3.02. The van der Waals surface area contributed by atoms with Gasteiger partial charge in [0.1, 0.15) is 0 Å². The standard InChI is InChI=1S/C25H27N3O2.ClH/c29-24(12-10-19-5-1-2-6-22(19)28-15-4-8-25(28)30)26-20-11-9-18-13-16-27-14-3-7-23(27)21(18)17-20;/h1-2,5-6,9-12,17,23H,3-4,7-8,13-16H2,(H,26,29);1H. The summed E-state index contributed by atoms with van der Waals surface area (Å²) < 4.78 is 0. The Kier molecular flexibility index (Phi) is 6.44. The van der Waals surface area contributed by atoms with Crippen molar-refractivity contribution in [1.29, 1.82) is 0 Å². The van der Waals surface area contributed by atoms with Gasteiger partial charge < -0.3 is 10.2 Å². The van der Waals surface area contributed by atoms with Crippen molar-refractivity contribution in [1.82, 2.24) is 4.90 Å². The average molecular weight is 438 g/mol. The van der Waals surface area contributed by atoms with Crippen LogP contribution in [0.2, 0.25) is 0 Å². The van der Waals surface area contributed by atoms with Crippen LogP contribution >= 0.6 is 12.4 Å². The zero-order chi connectivity index (χ0) is 20.5. The Morgan fingerprint density at radius 3 is 2.74 bits per heavy atom. The van der Waals surface area contributed by atoms with Gasteiger partial charge >= 0.3 is 0 Å². The van der Waals surface area contributed by atoms with Gasteiger partial charge in [0.05, 0.1) is 5.69 Å². The first-order valence-corrected chi connectivity index (χ1v) is 10.9. The Morgan fingerprint density at radius 1 is 1.03 bits per heavy atom. The third-order valence-electron chi connectivity index (χ3n) is 6.52. The predicted octanol–water partition coefficient (Wildman–Crippen LogP) is 4.58. The second-order valence-corrected chi connectivity index (χ2v) is 8.39. The fourth-order valence-corrected chi connectivity index (χ4v) is 5.05. The number of nitrogens with one attached hydrogen (secondary N) is 1. The van der Waals surface area contributed by atoms with Crippen LogP contribution in [0.25, 0.3) is 6.08 Å². The molecule has 6 heteroatoms. The Morgan fingerprint density at radius 2 is 1.90 bits per heavy atom. The highest BCUT2D eigenvalue weighted by Gasteiger charge is 2.31. The van der Waals surface area contributed by atoms with Crippen LogP contribution in [0.3, 0.4) is 0 Å². The van der Waals surface area contributed by atoms with Crippen LogP contribution in [0.15, 0.2) is 48.5 Å². The van der Waals surface area contributed by atoms with E-state index in [1.165, 1.54) is 30.5 Å². The fraction of sp³-hybridized carbons (Fsp3) is 0.360. The van der Waals surface area contributed by atoms with Crippen molar-refractivity contribution >= 4 is 41.7 Å². The van der Waals surface area contributed by atoms with Gasteiger partial charge in [-0.25, -0.2) is 0 Å². The molecule has 2 aromatic rings. The van der Waals surface area contributed by atoms with E-state index in [0.717, 1.165) is 42.9 Å². The van der Waals surface area contributed by atoms with Crippen LogP contribution in [-0.2, 0) is 16.0 Å². The predicted molar refractivity (Wildman–Crippen MR) is 127 cm³/mol. The summed E-state index contributed by atoms with van der Waals surface area (Å²) in [6, 6.07) is 14.6. The van der Waals surface area contributed by atoms with Gasteiger partial charge in [-0.1, -0.05) is 24.3 Å². The molecule has 2 fully saturated rings. The number of hydrogen-bond acceptors (Lipinski definition) is 3. The van der Waals surface area contributed by atoms with E-state index >= 15 is 0 Å². The highest BCUT2D eigenvalue weighted by molar-refractivity contribution is 6.03. The topological polar surface area (TPSA) is 52.7 Å². The highest BCUT2D eigenvalue weighted by Crippen LogP contribution is 2.38. The molecule has 0 aliphatic carbocycles. The van der Waals surface area contributed by atoms with E-state index in [1.807, 2.05) is 35.2 Å². The Hall–Kier alpha value is -2.63. The SMILES string of the molecule is Cl.O=C(C=Cc1ccccc1N1CCCC1=O)Nc1ccc2c(c1)C1CCCN1CC2. The molecular weight excluding hydrogens is 410 g/mol. The van der Waals surface area contributed by atoms with Gasteiger partial charge in [0, 0.05) is 37.3 Å². The molecule has 2 saturated heterocycles. The lowest BCUT2D eigenvalue weighted by molar-refractivity contribution is -0.117. The minimum absolute atomic E-state index is 0. The van der Waals surface area contributed by atoms with Crippen molar-refractivity contribution in [3.8, 4) is 0 Å². The quantitative estimate of drug-likeness (QED) is 0.712. The van der Waals surface area contributed by atoms with Crippen molar-refractivity contribution in [2.24, 2.45) is 0 Å². The zero-order valence-corrected chi connectivity index (χ0v) is 18.4. The first-order chi connectivity index (χ1) is 14.7.